The number of likely N-dealkylation sites (tertiary alicyclic amines) is 1. The third-order valence-electron chi connectivity index (χ3n) is 4.50. The van der Waals surface area contributed by atoms with E-state index in [4.69, 9.17) is 11.6 Å². The standard InChI is InChI=1S/C19H28ClN3O2/c1-22(2)14-11-17(15-5-7-16(20)8-6-15)21-18(24)9-10-19(25)23-12-3-4-13-23/h5-8,17H,3-4,9-14H2,1-2H3,(H,21,24). The van der Waals surface area contributed by atoms with Crippen LogP contribution in [-0.2, 0) is 9.59 Å². The van der Waals surface area contributed by atoms with Gasteiger partial charge in [-0.15, -0.1) is 0 Å². The molecule has 1 N–H and O–H groups in total. The minimum atomic E-state index is -0.0775. The summed E-state index contributed by atoms with van der Waals surface area (Å²) < 4.78 is 0. The SMILES string of the molecule is CN(C)CCC(NC(=O)CCC(=O)N1CCCC1)c1ccc(Cl)cc1. The van der Waals surface area contributed by atoms with Crippen LogP contribution in [-0.4, -0.2) is 55.3 Å². The number of nitrogens with zero attached hydrogens (tertiary/aromatic N) is 2. The van der Waals surface area contributed by atoms with Crippen molar-refractivity contribution in [1.29, 1.82) is 0 Å². The van der Waals surface area contributed by atoms with Gasteiger partial charge in [0.1, 0.15) is 0 Å². The van der Waals surface area contributed by atoms with Crippen molar-refractivity contribution in [3.63, 3.8) is 0 Å². The minimum absolute atomic E-state index is 0.0749. The summed E-state index contributed by atoms with van der Waals surface area (Å²) in [6.45, 7) is 2.52. The van der Waals surface area contributed by atoms with Gasteiger partial charge < -0.3 is 15.1 Å². The molecule has 1 aliphatic heterocycles. The Hall–Kier alpha value is -1.59. The van der Waals surface area contributed by atoms with E-state index in [0.29, 0.717) is 5.02 Å². The molecule has 2 rings (SSSR count). The van der Waals surface area contributed by atoms with E-state index < -0.39 is 0 Å². The van der Waals surface area contributed by atoms with Gasteiger partial charge in [0.15, 0.2) is 0 Å². The monoisotopic (exact) mass is 365 g/mol. The van der Waals surface area contributed by atoms with Crippen molar-refractivity contribution >= 4 is 23.4 Å². The lowest BCUT2D eigenvalue weighted by Crippen LogP contribution is -2.33. The van der Waals surface area contributed by atoms with E-state index in [2.05, 4.69) is 10.2 Å². The highest BCUT2D eigenvalue weighted by Crippen LogP contribution is 2.20. The van der Waals surface area contributed by atoms with Crippen LogP contribution in [0.15, 0.2) is 24.3 Å². The van der Waals surface area contributed by atoms with E-state index in [1.165, 1.54) is 0 Å². The Labute approximate surface area is 155 Å². The summed E-state index contributed by atoms with van der Waals surface area (Å²) in [5, 5.41) is 3.75. The molecule has 1 heterocycles. The van der Waals surface area contributed by atoms with E-state index in [0.717, 1.165) is 44.5 Å². The van der Waals surface area contributed by atoms with Gasteiger partial charge in [0.25, 0.3) is 0 Å². The van der Waals surface area contributed by atoms with Crippen molar-refractivity contribution in [3.8, 4) is 0 Å². The molecule has 1 unspecified atom stereocenters. The molecule has 1 aliphatic rings. The molecule has 0 bridgehead atoms. The zero-order valence-corrected chi connectivity index (χ0v) is 15.9. The summed E-state index contributed by atoms with van der Waals surface area (Å²) in [5.41, 5.74) is 1.03. The van der Waals surface area contributed by atoms with Crippen LogP contribution in [0.3, 0.4) is 0 Å². The van der Waals surface area contributed by atoms with Gasteiger partial charge in [-0.25, -0.2) is 0 Å². The Morgan fingerprint density at radius 3 is 2.40 bits per heavy atom. The number of rotatable bonds is 8. The molecule has 6 heteroatoms. The van der Waals surface area contributed by atoms with Crippen LogP contribution in [0, 0.1) is 0 Å². The first-order valence-corrected chi connectivity index (χ1v) is 9.31. The molecule has 1 aromatic carbocycles. The van der Waals surface area contributed by atoms with Crippen LogP contribution in [0.4, 0.5) is 0 Å². The number of carbonyl (C=O) groups excluding carboxylic acids is 2. The Bertz CT molecular complexity index is 569. The van der Waals surface area contributed by atoms with E-state index >= 15 is 0 Å². The Morgan fingerprint density at radius 2 is 1.80 bits per heavy atom. The number of carbonyl (C=O) groups is 2. The molecule has 0 saturated carbocycles. The lowest BCUT2D eigenvalue weighted by atomic mass is 10.0. The van der Waals surface area contributed by atoms with E-state index in [-0.39, 0.29) is 30.7 Å². The fourth-order valence-electron chi connectivity index (χ4n) is 3.02. The van der Waals surface area contributed by atoms with Crippen molar-refractivity contribution in [2.45, 2.75) is 38.1 Å². The average molecular weight is 366 g/mol. The minimum Gasteiger partial charge on any atom is -0.349 e. The summed E-state index contributed by atoms with van der Waals surface area (Å²) in [6.07, 6.45) is 3.47. The molecule has 1 saturated heterocycles. The van der Waals surface area contributed by atoms with Crippen LogP contribution in [0.25, 0.3) is 0 Å². The van der Waals surface area contributed by atoms with Gasteiger partial charge in [-0.1, -0.05) is 23.7 Å². The van der Waals surface area contributed by atoms with Crippen molar-refractivity contribution in [3.05, 3.63) is 34.9 Å². The molecule has 0 spiro atoms. The summed E-state index contributed by atoms with van der Waals surface area (Å²) in [7, 11) is 4.02. The predicted octanol–water partition coefficient (Wildman–Crippen LogP) is 2.85. The lowest BCUT2D eigenvalue weighted by Gasteiger charge is -2.22. The normalized spacial score (nSPS) is 15.4. The predicted molar refractivity (Wildman–Crippen MR) is 101 cm³/mol. The highest BCUT2D eigenvalue weighted by atomic mass is 35.5. The Morgan fingerprint density at radius 1 is 1.16 bits per heavy atom. The number of benzene rings is 1. The number of amides is 2. The highest BCUT2D eigenvalue weighted by molar-refractivity contribution is 6.30. The summed E-state index contributed by atoms with van der Waals surface area (Å²) in [4.78, 5) is 28.4. The fraction of sp³-hybridized carbons (Fsp3) is 0.579. The smallest absolute Gasteiger partial charge is 0.223 e. The fourth-order valence-corrected chi connectivity index (χ4v) is 3.14. The molecular weight excluding hydrogens is 338 g/mol. The second kappa shape index (κ2) is 9.78. The zero-order valence-electron chi connectivity index (χ0n) is 15.1. The average Bonchev–Trinajstić information content (AvgIpc) is 3.12. The van der Waals surface area contributed by atoms with Gasteiger partial charge in [0.2, 0.25) is 11.8 Å². The third kappa shape index (κ3) is 6.67. The number of halogens is 1. The molecule has 1 fully saturated rings. The second-order valence-corrected chi connectivity index (χ2v) is 7.29. The van der Waals surface area contributed by atoms with Crippen molar-refractivity contribution < 1.29 is 9.59 Å². The molecule has 5 nitrogen and oxygen atoms in total. The van der Waals surface area contributed by atoms with E-state index in [1.807, 2.05) is 43.3 Å². The maximum Gasteiger partial charge on any atom is 0.223 e. The largest absolute Gasteiger partial charge is 0.349 e. The van der Waals surface area contributed by atoms with Crippen molar-refractivity contribution in [2.24, 2.45) is 0 Å². The Balaban J connectivity index is 1.89. The van der Waals surface area contributed by atoms with Gasteiger partial charge in [0, 0.05) is 31.0 Å². The van der Waals surface area contributed by atoms with Crippen molar-refractivity contribution in [2.75, 3.05) is 33.7 Å². The van der Waals surface area contributed by atoms with Gasteiger partial charge >= 0.3 is 0 Å². The Kier molecular flexibility index (Phi) is 7.72. The van der Waals surface area contributed by atoms with E-state index in [1.54, 1.807) is 0 Å². The maximum absolute atomic E-state index is 12.3. The molecule has 138 valence electrons. The van der Waals surface area contributed by atoms with Crippen LogP contribution in [0.1, 0.15) is 43.7 Å². The molecular formula is C19H28ClN3O2. The summed E-state index contributed by atoms with van der Waals surface area (Å²) >= 11 is 5.96. The molecule has 2 amide bonds. The van der Waals surface area contributed by atoms with Crippen LogP contribution in [0.5, 0.6) is 0 Å². The molecule has 25 heavy (non-hydrogen) atoms. The first kappa shape index (κ1) is 19.7. The van der Waals surface area contributed by atoms with Gasteiger partial charge in [0.05, 0.1) is 6.04 Å². The van der Waals surface area contributed by atoms with Crippen LogP contribution in [0.2, 0.25) is 5.02 Å². The lowest BCUT2D eigenvalue weighted by molar-refractivity contribution is -0.132. The summed E-state index contributed by atoms with van der Waals surface area (Å²) in [6, 6.07) is 7.48. The van der Waals surface area contributed by atoms with Crippen molar-refractivity contribution in [1.82, 2.24) is 15.1 Å². The second-order valence-electron chi connectivity index (χ2n) is 6.85. The summed E-state index contributed by atoms with van der Waals surface area (Å²) in [5.74, 6) is 0.00948. The highest BCUT2D eigenvalue weighted by Gasteiger charge is 2.20. The van der Waals surface area contributed by atoms with Gasteiger partial charge in [-0.3, -0.25) is 9.59 Å². The van der Waals surface area contributed by atoms with E-state index in [9.17, 15) is 9.59 Å². The van der Waals surface area contributed by atoms with Crippen LogP contribution >= 0.6 is 11.6 Å². The molecule has 0 aromatic heterocycles. The number of hydrogen-bond acceptors (Lipinski definition) is 3. The molecule has 0 aliphatic carbocycles. The topological polar surface area (TPSA) is 52.7 Å². The number of nitrogens with one attached hydrogen (secondary N) is 1. The van der Waals surface area contributed by atoms with Crippen LogP contribution < -0.4 is 5.32 Å². The zero-order chi connectivity index (χ0) is 18.2. The quantitative estimate of drug-likeness (QED) is 0.770. The van der Waals surface area contributed by atoms with Gasteiger partial charge in [-0.2, -0.15) is 0 Å². The first-order chi connectivity index (χ1) is 12.0. The van der Waals surface area contributed by atoms with Gasteiger partial charge in [-0.05, 0) is 57.6 Å². The number of hydrogen-bond donors (Lipinski definition) is 1. The molecule has 1 aromatic rings. The first-order valence-electron chi connectivity index (χ1n) is 8.93. The molecule has 0 radical (unpaired) electrons. The third-order valence-corrected chi connectivity index (χ3v) is 4.75. The molecule has 1 atom stereocenters. The maximum atomic E-state index is 12.3.